The van der Waals surface area contributed by atoms with Crippen molar-refractivity contribution in [3.05, 3.63) is 16.1 Å². The van der Waals surface area contributed by atoms with E-state index < -0.39 is 5.92 Å². The van der Waals surface area contributed by atoms with Gasteiger partial charge in [0.25, 0.3) is 5.92 Å². The van der Waals surface area contributed by atoms with Crippen LogP contribution in [0.25, 0.3) is 0 Å². The Hall–Kier alpha value is -0.260. The van der Waals surface area contributed by atoms with Crippen molar-refractivity contribution in [2.45, 2.75) is 19.4 Å². The SMILES string of the molecule is CC(F)(F)c1csc(CNCl)n1. The number of aromatic nitrogens is 1. The third-order valence-corrected chi connectivity index (χ3v) is 2.20. The molecule has 0 fully saturated rings. The molecule has 12 heavy (non-hydrogen) atoms. The maximum Gasteiger partial charge on any atom is 0.287 e. The molecule has 0 aliphatic carbocycles. The summed E-state index contributed by atoms with van der Waals surface area (Å²) in [7, 11) is 0. The highest BCUT2D eigenvalue weighted by Crippen LogP contribution is 2.27. The summed E-state index contributed by atoms with van der Waals surface area (Å²) in [5.74, 6) is -2.86. The quantitative estimate of drug-likeness (QED) is 0.779. The molecular formula is C6H7ClF2N2S. The van der Waals surface area contributed by atoms with E-state index in [-0.39, 0.29) is 5.69 Å². The molecule has 0 radical (unpaired) electrons. The van der Waals surface area contributed by atoms with Crippen LogP contribution in [0.2, 0.25) is 0 Å². The molecule has 0 saturated carbocycles. The molecule has 0 spiro atoms. The van der Waals surface area contributed by atoms with Gasteiger partial charge in [-0.05, 0) is 11.8 Å². The Balaban J connectivity index is 2.77. The Kier molecular flexibility index (Phi) is 2.98. The highest BCUT2D eigenvalue weighted by atomic mass is 35.5. The van der Waals surface area contributed by atoms with E-state index in [0.717, 1.165) is 18.3 Å². The number of nitrogens with zero attached hydrogens (tertiary/aromatic N) is 1. The van der Waals surface area contributed by atoms with Gasteiger partial charge >= 0.3 is 0 Å². The molecule has 0 bridgehead atoms. The van der Waals surface area contributed by atoms with Crippen LogP contribution in [-0.2, 0) is 12.5 Å². The number of alkyl halides is 2. The second-order valence-electron chi connectivity index (χ2n) is 2.33. The zero-order valence-corrected chi connectivity index (χ0v) is 7.85. The first kappa shape index (κ1) is 9.83. The van der Waals surface area contributed by atoms with Gasteiger partial charge in [-0.1, -0.05) is 0 Å². The maximum atomic E-state index is 12.6. The molecule has 0 unspecified atom stereocenters. The smallest absolute Gasteiger partial charge is 0.239 e. The van der Waals surface area contributed by atoms with Gasteiger partial charge < -0.3 is 0 Å². The van der Waals surface area contributed by atoms with Crippen LogP contribution in [0.5, 0.6) is 0 Å². The summed E-state index contributed by atoms with van der Waals surface area (Å²) in [4.78, 5) is 6.02. The van der Waals surface area contributed by atoms with Gasteiger partial charge in [-0.3, -0.25) is 0 Å². The first-order valence-corrected chi connectivity index (χ1v) is 4.46. The summed E-state index contributed by atoms with van der Waals surface area (Å²) >= 11 is 6.35. The van der Waals surface area contributed by atoms with Crippen LogP contribution < -0.4 is 4.84 Å². The number of thiazole rings is 1. The Labute approximate surface area is 77.7 Å². The van der Waals surface area contributed by atoms with Crippen LogP contribution in [0.3, 0.4) is 0 Å². The number of hydrogen-bond donors (Lipinski definition) is 1. The number of nitrogens with one attached hydrogen (secondary N) is 1. The summed E-state index contributed by atoms with van der Waals surface area (Å²) in [5.41, 5.74) is -0.200. The second-order valence-corrected chi connectivity index (χ2v) is 3.54. The van der Waals surface area contributed by atoms with E-state index in [9.17, 15) is 8.78 Å². The summed E-state index contributed by atoms with van der Waals surface area (Å²) < 4.78 is 25.2. The topological polar surface area (TPSA) is 24.9 Å². The van der Waals surface area contributed by atoms with Gasteiger partial charge in [0.2, 0.25) is 0 Å². The first-order chi connectivity index (χ1) is 5.54. The average Bonchev–Trinajstić information content (AvgIpc) is 2.35. The fourth-order valence-electron chi connectivity index (χ4n) is 0.651. The van der Waals surface area contributed by atoms with Crippen molar-refractivity contribution in [2.75, 3.05) is 0 Å². The van der Waals surface area contributed by atoms with Crippen molar-refractivity contribution < 1.29 is 8.78 Å². The lowest BCUT2D eigenvalue weighted by molar-refractivity contribution is 0.0132. The maximum absolute atomic E-state index is 12.6. The van der Waals surface area contributed by atoms with E-state index in [1.165, 1.54) is 5.38 Å². The standard InChI is InChI=1S/C6H7ClF2N2S/c1-6(8,9)4-3-12-5(11-4)2-10-7/h3,10H,2H2,1H3. The van der Waals surface area contributed by atoms with E-state index in [1.54, 1.807) is 0 Å². The zero-order valence-electron chi connectivity index (χ0n) is 6.27. The van der Waals surface area contributed by atoms with Crippen molar-refractivity contribution in [1.82, 2.24) is 9.82 Å². The fourth-order valence-corrected chi connectivity index (χ4v) is 1.67. The lowest BCUT2D eigenvalue weighted by Crippen LogP contribution is -2.08. The molecule has 1 N–H and O–H groups in total. The minimum Gasteiger partial charge on any atom is -0.239 e. The Morgan fingerprint density at radius 3 is 2.83 bits per heavy atom. The number of halogens is 3. The molecule has 6 heteroatoms. The lowest BCUT2D eigenvalue weighted by atomic mass is 10.3. The van der Waals surface area contributed by atoms with Crippen molar-refractivity contribution in [3.63, 3.8) is 0 Å². The summed E-state index contributed by atoms with van der Waals surface area (Å²) in [6, 6.07) is 0. The number of hydrogen-bond acceptors (Lipinski definition) is 3. The molecule has 0 atom stereocenters. The minimum absolute atomic E-state index is 0.200. The van der Waals surface area contributed by atoms with Crippen LogP contribution in [0.4, 0.5) is 8.78 Å². The lowest BCUT2D eigenvalue weighted by Gasteiger charge is -2.04. The number of rotatable bonds is 3. The Morgan fingerprint density at radius 2 is 2.42 bits per heavy atom. The third kappa shape index (κ3) is 2.36. The third-order valence-electron chi connectivity index (χ3n) is 1.22. The summed E-state index contributed by atoms with van der Waals surface area (Å²) in [6.45, 7) is 1.13. The fraction of sp³-hybridized carbons (Fsp3) is 0.500. The molecule has 0 aliphatic heterocycles. The van der Waals surface area contributed by atoms with E-state index in [2.05, 4.69) is 9.82 Å². The summed E-state index contributed by atoms with van der Waals surface area (Å²) in [6.07, 6.45) is 0. The van der Waals surface area contributed by atoms with Crippen molar-refractivity contribution in [1.29, 1.82) is 0 Å². The molecule has 0 aliphatic rings. The van der Waals surface area contributed by atoms with E-state index in [0.29, 0.717) is 11.6 Å². The van der Waals surface area contributed by atoms with Gasteiger partial charge in [0, 0.05) is 12.3 Å². The molecule has 1 heterocycles. The molecule has 0 amide bonds. The minimum atomic E-state index is -2.86. The average molecular weight is 213 g/mol. The monoisotopic (exact) mass is 212 g/mol. The van der Waals surface area contributed by atoms with Gasteiger partial charge in [-0.25, -0.2) is 9.82 Å². The molecule has 68 valence electrons. The predicted octanol–water partition coefficient (Wildman–Crippen LogP) is 2.50. The van der Waals surface area contributed by atoms with Crippen molar-refractivity contribution in [3.8, 4) is 0 Å². The van der Waals surface area contributed by atoms with E-state index in [1.807, 2.05) is 0 Å². The van der Waals surface area contributed by atoms with Crippen LogP contribution >= 0.6 is 23.1 Å². The molecule has 1 aromatic rings. The van der Waals surface area contributed by atoms with Gasteiger partial charge in [0.15, 0.2) is 0 Å². The highest BCUT2D eigenvalue weighted by Gasteiger charge is 2.27. The second kappa shape index (κ2) is 3.64. The zero-order chi connectivity index (χ0) is 9.19. The van der Waals surface area contributed by atoms with Gasteiger partial charge in [0.1, 0.15) is 10.7 Å². The Morgan fingerprint density at radius 1 is 1.75 bits per heavy atom. The van der Waals surface area contributed by atoms with Crippen molar-refractivity contribution >= 4 is 23.1 Å². The van der Waals surface area contributed by atoms with Crippen LogP contribution in [0, 0.1) is 0 Å². The van der Waals surface area contributed by atoms with Crippen LogP contribution in [0.15, 0.2) is 5.38 Å². The van der Waals surface area contributed by atoms with E-state index in [4.69, 9.17) is 11.8 Å². The van der Waals surface area contributed by atoms with Crippen molar-refractivity contribution in [2.24, 2.45) is 0 Å². The normalized spacial score (nSPS) is 12.0. The van der Waals surface area contributed by atoms with Crippen LogP contribution in [-0.4, -0.2) is 4.98 Å². The molecule has 0 aromatic carbocycles. The van der Waals surface area contributed by atoms with Gasteiger partial charge in [0.05, 0.1) is 6.54 Å². The van der Waals surface area contributed by atoms with Crippen LogP contribution in [0.1, 0.15) is 17.6 Å². The van der Waals surface area contributed by atoms with Gasteiger partial charge in [-0.15, -0.1) is 11.3 Å². The summed E-state index contributed by atoms with van der Waals surface area (Å²) in [5, 5.41) is 1.89. The van der Waals surface area contributed by atoms with Gasteiger partial charge in [-0.2, -0.15) is 8.78 Å². The predicted molar refractivity (Wildman–Crippen MR) is 44.4 cm³/mol. The Bertz CT molecular complexity index is 258. The largest absolute Gasteiger partial charge is 0.287 e. The molecule has 0 saturated heterocycles. The van der Waals surface area contributed by atoms with E-state index >= 15 is 0 Å². The highest BCUT2D eigenvalue weighted by molar-refractivity contribution is 7.09. The molecule has 1 rings (SSSR count). The molecular weight excluding hydrogens is 206 g/mol. The first-order valence-electron chi connectivity index (χ1n) is 3.20. The molecule has 1 aromatic heterocycles. The molecule has 2 nitrogen and oxygen atoms in total.